The predicted molar refractivity (Wildman–Crippen MR) is 78.9 cm³/mol. The molecule has 0 unspecified atom stereocenters. The highest BCUT2D eigenvalue weighted by atomic mass is 14.8. The van der Waals surface area contributed by atoms with Gasteiger partial charge in [-0.05, 0) is 50.8 Å². The zero-order valence-electron chi connectivity index (χ0n) is 11.2. The van der Waals surface area contributed by atoms with E-state index in [0.717, 1.165) is 11.3 Å². The van der Waals surface area contributed by atoms with Crippen molar-refractivity contribution in [3.8, 4) is 0 Å². The maximum atomic E-state index is 4.32. The standard InChI is InChI=1S/C15H19N3/c1-4-16-11-14(10-13(2)3)7-9-18-15-6-5-8-17-12-15/h4-10,12H,11H2,1-3H3/b14-7-,16-4?,18-9?. The minimum Gasteiger partial charge on any atom is -0.293 e. The van der Waals surface area contributed by atoms with Gasteiger partial charge in [-0.25, -0.2) is 0 Å². The van der Waals surface area contributed by atoms with Crippen molar-refractivity contribution in [2.45, 2.75) is 20.8 Å². The molecule has 0 spiro atoms. The second-order valence-electron chi connectivity index (χ2n) is 4.05. The van der Waals surface area contributed by atoms with Crippen molar-refractivity contribution in [1.82, 2.24) is 4.98 Å². The Balaban J connectivity index is 2.76. The van der Waals surface area contributed by atoms with Gasteiger partial charge >= 0.3 is 0 Å². The van der Waals surface area contributed by atoms with Crippen LogP contribution in [0.25, 0.3) is 0 Å². The van der Waals surface area contributed by atoms with E-state index in [2.05, 4.69) is 34.9 Å². The Labute approximate surface area is 109 Å². The molecule has 3 heteroatoms. The van der Waals surface area contributed by atoms with Gasteiger partial charge in [-0.1, -0.05) is 11.6 Å². The minimum absolute atomic E-state index is 0.681. The molecule has 1 aromatic heterocycles. The van der Waals surface area contributed by atoms with Crippen LogP contribution in [0.4, 0.5) is 5.69 Å². The number of pyridine rings is 1. The van der Waals surface area contributed by atoms with Gasteiger partial charge in [0.15, 0.2) is 0 Å². The molecule has 0 saturated carbocycles. The van der Waals surface area contributed by atoms with Crippen LogP contribution in [0.15, 0.2) is 57.8 Å². The lowest BCUT2D eigenvalue weighted by Gasteiger charge is -1.97. The molecule has 0 aromatic carbocycles. The summed E-state index contributed by atoms with van der Waals surface area (Å²) >= 11 is 0. The summed E-state index contributed by atoms with van der Waals surface area (Å²) in [5, 5.41) is 0. The second-order valence-corrected chi connectivity index (χ2v) is 4.05. The fourth-order valence-corrected chi connectivity index (χ4v) is 1.36. The van der Waals surface area contributed by atoms with E-state index in [4.69, 9.17) is 0 Å². The number of aliphatic imine (C=N–C) groups is 2. The van der Waals surface area contributed by atoms with Crippen LogP contribution in [0.3, 0.4) is 0 Å². The average molecular weight is 241 g/mol. The van der Waals surface area contributed by atoms with Crippen molar-refractivity contribution in [3.05, 3.63) is 47.8 Å². The molecule has 1 rings (SSSR count). The van der Waals surface area contributed by atoms with Gasteiger partial charge in [-0.3, -0.25) is 15.0 Å². The van der Waals surface area contributed by atoms with Gasteiger partial charge < -0.3 is 0 Å². The molecule has 0 bridgehead atoms. The minimum atomic E-state index is 0.681. The van der Waals surface area contributed by atoms with Crippen molar-refractivity contribution in [1.29, 1.82) is 0 Å². The van der Waals surface area contributed by atoms with E-state index < -0.39 is 0 Å². The monoisotopic (exact) mass is 241 g/mol. The second kappa shape index (κ2) is 8.12. The Morgan fingerprint density at radius 1 is 1.39 bits per heavy atom. The first-order valence-electron chi connectivity index (χ1n) is 5.95. The summed E-state index contributed by atoms with van der Waals surface area (Å²) in [6, 6.07) is 3.79. The third kappa shape index (κ3) is 5.89. The maximum Gasteiger partial charge on any atom is 0.0812 e. The number of aromatic nitrogens is 1. The van der Waals surface area contributed by atoms with Crippen LogP contribution in [-0.4, -0.2) is 24.0 Å². The summed E-state index contributed by atoms with van der Waals surface area (Å²) in [5.74, 6) is 0. The third-order valence-corrected chi connectivity index (χ3v) is 2.09. The first-order valence-corrected chi connectivity index (χ1v) is 5.95. The predicted octanol–water partition coefficient (Wildman–Crippen LogP) is 3.77. The Kier molecular flexibility index (Phi) is 6.33. The van der Waals surface area contributed by atoms with Crippen LogP contribution < -0.4 is 0 Å². The number of nitrogens with zero attached hydrogens (tertiary/aromatic N) is 3. The fourth-order valence-electron chi connectivity index (χ4n) is 1.36. The molecular weight excluding hydrogens is 222 g/mol. The van der Waals surface area contributed by atoms with Crippen LogP contribution in [0, 0.1) is 0 Å². The summed E-state index contributed by atoms with van der Waals surface area (Å²) < 4.78 is 0. The first kappa shape index (κ1) is 14.0. The molecule has 0 aliphatic carbocycles. The Morgan fingerprint density at radius 2 is 2.22 bits per heavy atom. The maximum absolute atomic E-state index is 4.32. The van der Waals surface area contributed by atoms with E-state index in [1.165, 1.54) is 5.57 Å². The van der Waals surface area contributed by atoms with Gasteiger partial charge in [0.1, 0.15) is 0 Å². The van der Waals surface area contributed by atoms with E-state index in [0.29, 0.717) is 6.54 Å². The Hall–Kier alpha value is -2.03. The van der Waals surface area contributed by atoms with Gasteiger partial charge in [0.2, 0.25) is 0 Å². The lowest BCUT2D eigenvalue weighted by Crippen LogP contribution is -1.87. The van der Waals surface area contributed by atoms with E-state index in [-0.39, 0.29) is 0 Å². The fraction of sp³-hybridized carbons (Fsp3) is 0.267. The molecule has 18 heavy (non-hydrogen) atoms. The number of allylic oxidation sites excluding steroid dienone is 2. The van der Waals surface area contributed by atoms with Crippen LogP contribution in [0.2, 0.25) is 0 Å². The van der Waals surface area contributed by atoms with E-state index in [1.807, 2.05) is 31.3 Å². The highest BCUT2D eigenvalue weighted by molar-refractivity contribution is 5.76. The molecule has 0 amide bonds. The molecule has 0 saturated heterocycles. The third-order valence-electron chi connectivity index (χ3n) is 2.09. The highest BCUT2D eigenvalue weighted by Gasteiger charge is 1.90. The molecule has 1 aromatic rings. The lowest BCUT2D eigenvalue weighted by atomic mass is 10.2. The van der Waals surface area contributed by atoms with Gasteiger partial charge in [-0.15, -0.1) is 0 Å². The Morgan fingerprint density at radius 3 is 2.83 bits per heavy atom. The summed E-state index contributed by atoms with van der Waals surface area (Å²) in [4.78, 5) is 12.6. The molecule has 0 fully saturated rings. The molecule has 0 aliphatic heterocycles. The summed E-state index contributed by atoms with van der Waals surface area (Å²) in [6.45, 7) is 6.74. The zero-order chi connectivity index (χ0) is 13.2. The van der Waals surface area contributed by atoms with Gasteiger partial charge in [0.05, 0.1) is 18.4 Å². The average Bonchev–Trinajstić information content (AvgIpc) is 2.36. The quantitative estimate of drug-likeness (QED) is 0.571. The van der Waals surface area contributed by atoms with E-state index in [1.54, 1.807) is 18.6 Å². The van der Waals surface area contributed by atoms with E-state index >= 15 is 0 Å². The molecule has 0 atom stereocenters. The van der Waals surface area contributed by atoms with Crippen LogP contribution in [-0.2, 0) is 0 Å². The van der Waals surface area contributed by atoms with Gasteiger partial charge in [0.25, 0.3) is 0 Å². The van der Waals surface area contributed by atoms with E-state index in [9.17, 15) is 0 Å². The lowest BCUT2D eigenvalue weighted by molar-refractivity contribution is 1.18. The molecule has 3 nitrogen and oxygen atoms in total. The molecule has 0 radical (unpaired) electrons. The zero-order valence-corrected chi connectivity index (χ0v) is 11.2. The SMILES string of the molecule is CC=NC/C(C=C(C)C)=C\C=Nc1cccnc1. The van der Waals surface area contributed by atoms with Crippen molar-refractivity contribution < 1.29 is 0 Å². The van der Waals surface area contributed by atoms with Crippen LogP contribution in [0.1, 0.15) is 20.8 Å². The van der Waals surface area contributed by atoms with Crippen molar-refractivity contribution in [2.75, 3.05) is 6.54 Å². The van der Waals surface area contributed by atoms with Gasteiger partial charge in [-0.2, -0.15) is 0 Å². The summed E-state index contributed by atoms with van der Waals surface area (Å²) in [7, 11) is 0. The number of rotatable bonds is 5. The normalized spacial score (nSPS) is 12.3. The number of hydrogen-bond acceptors (Lipinski definition) is 3. The number of hydrogen-bond donors (Lipinski definition) is 0. The molecule has 1 heterocycles. The largest absolute Gasteiger partial charge is 0.293 e. The molecular formula is C15H19N3. The smallest absolute Gasteiger partial charge is 0.0812 e. The van der Waals surface area contributed by atoms with Gasteiger partial charge in [0, 0.05) is 12.4 Å². The van der Waals surface area contributed by atoms with Crippen molar-refractivity contribution in [2.24, 2.45) is 9.98 Å². The molecule has 0 aliphatic rings. The topological polar surface area (TPSA) is 37.6 Å². The summed E-state index contributed by atoms with van der Waals surface area (Å²) in [5.41, 5.74) is 3.24. The first-order chi connectivity index (χ1) is 8.72. The Bertz CT molecular complexity index is 464. The molecule has 0 N–H and O–H groups in total. The molecule has 94 valence electrons. The highest BCUT2D eigenvalue weighted by Crippen LogP contribution is 2.07. The van der Waals surface area contributed by atoms with Crippen LogP contribution in [0.5, 0.6) is 0 Å². The van der Waals surface area contributed by atoms with Crippen molar-refractivity contribution in [3.63, 3.8) is 0 Å². The van der Waals surface area contributed by atoms with Crippen LogP contribution >= 0.6 is 0 Å². The summed E-state index contributed by atoms with van der Waals surface area (Å²) in [6.07, 6.45) is 11.2. The van der Waals surface area contributed by atoms with Crippen molar-refractivity contribution >= 4 is 18.1 Å².